The van der Waals surface area contributed by atoms with Crippen LogP contribution in [0.2, 0.25) is 0 Å². The van der Waals surface area contributed by atoms with Gasteiger partial charge in [0.15, 0.2) is 5.75 Å². The Hall–Kier alpha value is -3.40. The maximum absolute atomic E-state index is 13.5. The molecule has 0 aliphatic carbocycles. The lowest BCUT2D eigenvalue weighted by Crippen LogP contribution is -2.36. The zero-order chi connectivity index (χ0) is 25.4. The van der Waals surface area contributed by atoms with E-state index in [1.54, 1.807) is 18.7 Å². The predicted molar refractivity (Wildman–Crippen MR) is 130 cm³/mol. The van der Waals surface area contributed by atoms with Crippen molar-refractivity contribution in [1.82, 2.24) is 9.80 Å². The van der Waals surface area contributed by atoms with Crippen LogP contribution >= 0.6 is 0 Å². The fourth-order valence-corrected chi connectivity index (χ4v) is 4.00. The minimum atomic E-state index is -0.884. The van der Waals surface area contributed by atoms with Crippen molar-refractivity contribution in [2.45, 2.75) is 46.5 Å². The van der Waals surface area contributed by atoms with E-state index >= 15 is 0 Å². The summed E-state index contributed by atoms with van der Waals surface area (Å²) in [4.78, 5) is 40.8. The van der Waals surface area contributed by atoms with Gasteiger partial charge in [-0.2, -0.15) is 0 Å². The van der Waals surface area contributed by atoms with Crippen molar-refractivity contribution < 1.29 is 24.7 Å². The Balaban J connectivity index is 2.64. The van der Waals surface area contributed by atoms with Gasteiger partial charge in [0.2, 0.25) is 5.75 Å². The number of aromatic hydroxyl groups is 2. The number of nitro benzene ring substituents is 1. The Bertz CT molecular complexity index is 1050. The number of nitrogens with zero attached hydrogens (tertiary/aromatic N) is 3. The number of carbonyl (C=O) groups is 2. The van der Waals surface area contributed by atoms with Crippen LogP contribution in [-0.2, 0) is 0 Å². The Morgan fingerprint density at radius 3 is 2.03 bits per heavy atom. The van der Waals surface area contributed by atoms with Crippen LogP contribution in [0, 0.1) is 10.1 Å². The number of hydrogen-bond donors (Lipinski definition) is 3. The lowest BCUT2D eigenvalue weighted by Gasteiger charge is -2.25. The average molecular weight is 475 g/mol. The van der Waals surface area contributed by atoms with E-state index < -0.39 is 28.0 Å². The summed E-state index contributed by atoms with van der Waals surface area (Å²) in [7, 11) is 0. The second-order valence-corrected chi connectivity index (χ2v) is 8.03. The molecule has 0 spiro atoms. The van der Waals surface area contributed by atoms with E-state index in [1.807, 2.05) is 6.92 Å². The van der Waals surface area contributed by atoms with Gasteiger partial charge in [-0.3, -0.25) is 19.7 Å². The lowest BCUT2D eigenvalue weighted by molar-refractivity contribution is -0.384. The molecule has 2 aromatic rings. The van der Waals surface area contributed by atoms with Crippen LogP contribution in [0.4, 0.5) is 5.69 Å². The molecule has 34 heavy (non-hydrogen) atoms. The van der Waals surface area contributed by atoms with Gasteiger partial charge < -0.3 is 25.7 Å². The van der Waals surface area contributed by atoms with Crippen molar-refractivity contribution in [2.75, 3.05) is 32.7 Å². The molecular formula is C24H34N4O6. The van der Waals surface area contributed by atoms with E-state index in [0.29, 0.717) is 32.7 Å². The lowest BCUT2D eigenvalue weighted by atomic mass is 9.97. The summed E-state index contributed by atoms with van der Waals surface area (Å²) in [6, 6.07) is 3.82. The summed E-state index contributed by atoms with van der Waals surface area (Å²) >= 11 is 0. The monoisotopic (exact) mass is 474 g/mol. The zero-order valence-electron chi connectivity index (χ0n) is 20.0. The van der Waals surface area contributed by atoms with Gasteiger partial charge in [-0.05, 0) is 63.7 Å². The quantitative estimate of drug-likeness (QED) is 0.184. The van der Waals surface area contributed by atoms with Gasteiger partial charge in [-0.1, -0.05) is 12.8 Å². The molecule has 2 rings (SSSR count). The van der Waals surface area contributed by atoms with Crippen molar-refractivity contribution in [3.63, 3.8) is 0 Å². The highest BCUT2D eigenvalue weighted by Gasteiger charge is 2.29. The highest BCUT2D eigenvalue weighted by molar-refractivity contribution is 6.12. The minimum absolute atomic E-state index is 0.0240. The second kappa shape index (κ2) is 12.2. The van der Waals surface area contributed by atoms with Gasteiger partial charge in [0.1, 0.15) is 0 Å². The Labute approximate surface area is 199 Å². The van der Waals surface area contributed by atoms with Crippen LogP contribution in [0.3, 0.4) is 0 Å². The first-order valence-corrected chi connectivity index (χ1v) is 11.7. The molecule has 10 heteroatoms. The fourth-order valence-electron chi connectivity index (χ4n) is 4.00. The van der Waals surface area contributed by atoms with Gasteiger partial charge in [-0.25, -0.2) is 0 Å². The molecule has 0 fully saturated rings. The number of hydrogen-bond acceptors (Lipinski definition) is 7. The maximum Gasteiger partial charge on any atom is 0.322 e. The van der Waals surface area contributed by atoms with E-state index in [1.165, 1.54) is 17.0 Å². The molecule has 2 aromatic carbocycles. The summed E-state index contributed by atoms with van der Waals surface area (Å²) in [5, 5.41) is 31.9. The third-order valence-corrected chi connectivity index (χ3v) is 5.95. The van der Waals surface area contributed by atoms with Crippen molar-refractivity contribution in [2.24, 2.45) is 5.73 Å². The van der Waals surface area contributed by atoms with Crippen molar-refractivity contribution in [1.29, 1.82) is 0 Å². The number of benzene rings is 2. The molecule has 0 aromatic heterocycles. The van der Waals surface area contributed by atoms with Crippen LogP contribution in [0.5, 0.6) is 11.5 Å². The Kier molecular flexibility index (Phi) is 9.61. The molecule has 10 nitrogen and oxygen atoms in total. The molecule has 0 bridgehead atoms. The van der Waals surface area contributed by atoms with E-state index in [2.05, 4.69) is 0 Å². The summed E-state index contributed by atoms with van der Waals surface area (Å²) in [5.41, 5.74) is 4.95. The zero-order valence-corrected chi connectivity index (χ0v) is 20.0. The molecule has 0 atom stereocenters. The van der Waals surface area contributed by atoms with Crippen molar-refractivity contribution in [3.8, 4) is 11.5 Å². The summed E-state index contributed by atoms with van der Waals surface area (Å²) in [6.45, 7) is 7.78. The number of fused-ring (bicyclic) bond motifs is 1. The second-order valence-electron chi connectivity index (χ2n) is 8.03. The van der Waals surface area contributed by atoms with Gasteiger partial charge >= 0.3 is 5.69 Å². The topological polar surface area (TPSA) is 150 Å². The molecule has 0 unspecified atom stereocenters. The fraction of sp³-hybridized carbons (Fsp3) is 0.500. The highest BCUT2D eigenvalue weighted by atomic mass is 16.6. The first kappa shape index (κ1) is 26.8. The SMILES string of the molecule is CCN(CC)C(=O)c1cc2c([N+](=O)[O-])c(O)c(O)cc2cc1C(=O)N(CC)CCCCCCN. The normalized spacial score (nSPS) is 10.9. The first-order chi connectivity index (χ1) is 16.2. The summed E-state index contributed by atoms with van der Waals surface area (Å²) < 4.78 is 0. The number of rotatable bonds is 12. The summed E-state index contributed by atoms with van der Waals surface area (Å²) in [5.74, 6) is -2.36. The van der Waals surface area contributed by atoms with Crippen LogP contribution in [-0.4, -0.2) is 69.5 Å². The third-order valence-electron chi connectivity index (χ3n) is 5.95. The molecule has 0 saturated carbocycles. The molecule has 2 amide bonds. The number of nitro groups is 1. The third kappa shape index (κ3) is 5.74. The first-order valence-electron chi connectivity index (χ1n) is 11.7. The Morgan fingerprint density at radius 1 is 0.912 bits per heavy atom. The van der Waals surface area contributed by atoms with E-state index in [0.717, 1.165) is 31.7 Å². The van der Waals surface area contributed by atoms with Gasteiger partial charge in [-0.15, -0.1) is 0 Å². The van der Waals surface area contributed by atoms with Crippen LogP contribution in [0.1, 0.15) is 67.2 Å². The number of amides is 2. The molecule has 4 N–H and O–H groups in total. The Morgan fingerprint density at radius 2 is 1.47 bits per heavy atom. The smallest absolute Gasteiger partial charge is 0.322 e. The number of unbranched alkanes of at least 4 members (excludes halogenated alkanes) is 3. The largest absolute Gasteiger partial charge is 0.504 e. The van der Waals surface area contributed by atoms with Crippen LogP contribution < -0.4 is 5.73 Å². The van der Waals surface area contributed by atoms with Gasteiger partial charge in [0, 0.05) is 26.2 Å². The van der Waals surface area contributed by atoms with Crippen LogP contribution in [0.15, 0.2) is 18.2 Å². The maximum atomic E-state index is 13.5. The molecule has 0 radical (unpaired) electrons. The standard InChI is InChI=1S/C24H34N4O6/c1-4-26(5-2)23(31)19-15-17-16(14-20(29)22(30)21(17)28(33)34)13-18(19)24(32)27(6-3)12-10-8-7-9-11-25/h13-15,29-30H,4-12,25H2,1-3H3. The predicted octanol–water partition coefficient (Wildman–Crippen LogP) is 3.62. The number of phenols is 2. The highest BCUT2D eigenvalue weighted by Crippen LogP contribution is 2.42. The molecular weight excluding hydrogens is 440 g/mol. The molecule has 0 aliphatic heterocycles. The van der Waals surface area contributed by atoms with Gasteiger partial charge in [0.05, 0.1) is 21.4 Å². The van der Waals surface area contributed by atoms with E-state index in [4.69, 9.17) is 5.73 Å². The molecule has 186 valence electrons. The number of phenolic OH excluding ortho intramolecular Hbond substituents is 2. The van der Waals surface area contributed by atoms with Crippen molar-refractivity contribution >= 4 is 28.3 Å². The van der Waals surface area contributed by atoms with Crippen LogP contribution in [0.25, 0.3) is 10.8 Å². The number of nitrogens with two attached hydrogens (primary N) is 1. The molecule has 0 saturated heterocycles. The minimum Gasteiger partial charge on any atom is -0.504 e. The van der Waals surface area contributed by atoms with E-state index in [9.17, 15) is 29.9 Å². The summed E-state index contributed by atoms with van der Waals surface area (Å²) in [6.07, 6.45) is 3.59. The van der Waals surface area contributed by atoms with E-state index in [-0.39, 0.29) is 27.8 Å². The number of carbonyl (C=O) groups excluding carboxylic acids is 2. The molecule has 0 aliphatic rings. The van der Waals surface area contributed by atoms with Gasteiger partial charge in [0.25, 0.3) is 11.8 Å². The van der Waals surface area contributed by atoms with Crippen molar-refractivity contribution in [3.05, 3.63) is 39.4 Å². The average Bonchev–Trinajstić information content (AvgIpc) is 2.81. The molecule has 0 heterocycles.